The lowest BCUT2D eigenvalue weighted by molar-refractivity contribution is -0.140. The smallest absolute Gasteiger partial charge is 0.314 e. The Kier molecular flexibility index (Phi) is 1.90. The van der Waals surface area contributed by atoms with E-state index in [0.717, 1.165) is 37.8 Å². The zero-order valence-corrected chi connectivity index (χ0v) is 10.4. The second kappa shape index (κ2) is 3.28. The largest absolute Gasteiger partial charge is 0.481 e. The summed E-state index contributed by atoms with van der Waals surface area (Å²) in [7, 11) is 0. The SMILES string of the molecule is O=C(O)C1(c2cc3c4c(c2)CCN4CCC3)CC1. The standard InChI is InChI=1S/C15H17NO2/c17-14(18)15(4-5-15)12-8-10-2-1-6-16-7-3-11(9-12)13(10)16/h8-9H,1-7H2,(H,17,18). The van der Waals surface area contributed by atoms with Crippen molar-refractivity contribution >= 4 is 11.7 Å². The molecule has 1 saturated carbocycles. The third-order valence-corrected chi connectivity index (χ3v) is 4.82. The van der Waals surface area contributed by atoms with Crippen LogP contribution in [0.25, 0.3) is 0 Å². The van der Waals surface area contributed by atoms with Gasteiger partial charge in [-0.15, -0.1) is 0 Å². The molecule has 2 heterocycles. The van der Waals surface area contributed by atoms with Crippen molar-refractivity contribution in [2.24, 2.45) is 0 Å². The van der Waals surface area contributed by atoms with Crippen molar-refractivity contribution in [1.82, 2.24) is 0 Å². The Hall–Kier alpha value is -1.51. The second-order valence-electron chi connectivity index (χ2n) is 5.87. The van der Waals surface area contributed by atoms with Crippen LogP contribution in [0.15, 0.2) is 12.1 Å². The number of carboxylic acid groups (broad SMARTS) is 1. The van der Waals surface area contributed by atoms with Gasteiger partial charge >= 0.3 is 5.97 Å². The molecule has 1 aromatic rings. The molecular formula is C15H17NO2. The minimum absolute atomic E-state index is 0.545. The van der Waals surface area contributed by atoms with Gasteiger partial charge in [0.15, 0.2) is 0 Å². The van der Waals surface area contributed by atoms with Crippen LogP contribution >= 0.6 is 0 Å². The predicted molar refractivity (Wildman–Crippen MR) is 69.2 cm³/mol. The number of anilines is 1. The van der Waals surface area contributed by atoms with Gasteiger partial charge in [-0.05, 0) is 48.8 Å². The number of aliphatic carboxylic acids is 1. The molecule has 3 aliphatic rings. The van der Waals surface area contributed by atoms with Crippen molar-refractivity contribution in [3.05, 3.63) is 28.8 Å². The normalized spacial score (nSPS) is 22.8. The fraction of sp³-hybridized carbons (Fsp3) is 0.533. The molecule has 0 radical (unpaired) electrons. The van der Waals surface area contributed by atoms with Crippen molar-refractivity contribution in [1.29, 1.82) is 0 Å². The van der Waals surface area contributed by atoms with Gasteiger partial charge in [-0.3, -0.25) is 4.79 Å². The van der Waals surface area contributed by atoms with Crippen LogP contribution in [0.1, 0.15) is 36.0 Å². The van der Waals surface area contributed by atoms with Crippen molar-refractivity contribution < 1.29 is 9.90 Å². The lowest BCUT2D eigenvalue weighted by atomic mass is 9.89. The summed E-state index contributed by atoms with van der Waals surface area (Å²) < 4.78 is 0. The monoisotopic (exact) mass is 243 g/mol. The van der Waals surface area contributed by atoms with Crippen molar-refractivity contribution in [3.63, 3.8) is 0 Å². The third-order valence-electron chi connectivity index (χ3n) is 4.82. The lowest BCUT2D eigenvalue weighted by Gasteiger charge is -2.28. The van der Waals surface area contributed by atoms with E-state index in [1.807, 2.05) is 0 Å². The molecule has 0 bridgehead atoms. The van der Waals surface area contributed by atoms with E-state index in [-0.39, 0.29) is 0 Å². The van der Waals surface area contributed by atoms with E-state index in [9.17, 15) is 9.90 Å². The molecule has 0 spiro atoms. The van der Waals surface area contributed by atoms with E-state index in [1.165, 1.54) is 29.8 Å². The highest BCUT2D eigenvalue weighted by molar-refractivity contribution is 5.85. The Morgan fingerprint density at radius 2 is 1.89 bits per heavy atom. The molecule has 1 N–H and O–H groups in total. The van der Waals surface area contributed by atoms with Gasteiger partial charge in [0, 0.05) is 18.8 Å². The molecule has 18 heavy (non-hydrogen) atoms. The number of nitrogens with zero attached hydrogens (tertiary/aromatic N) is 1. The number of hydrogen-bond donors (Lipinski definition) is 1. The highest BCUT2D eigenvalue weighted by Gasteiger charge is 2.52. The van der Waals surface area contributed by atoms with E-state index < -0.39 is 11.4 Å². The zero-order valence-electron chi connectivity index (χ0n) is 10.4. The number of carbonyl (C=O) groups is 1. The highest BCUT2D eigenvalue weighted by Crippen LogP contribution is 2.50. The molecule has 3 nitrogen and oxygen atoms in total. The summed E-state index contributed by atoms with van der Waals surface area (Å²) in [6, 6.07) is 4.35. The summed E-state index contributed by atoms with van der Waals surface area (Å²) in [5, 5.41) is 9.42. The minimum atomic E-state index is -0.639. The van der Waals surface area contributed by atoms with Crippen LogP contribution in [0, 0.1) is 0 Å². The van der Waals surface area contributed by atoms with Crippen LogP contribution in [-0.4, -0.2) is 24.2 Å². The quantitative estimate of drug-likeness (QED) is 0.865. The number of carboxylic acids is 1. The molecule has 0 atom stereocenters. The zero-order chi connectivity index (χ0) is 12.3. The Balaban J connectivity index is 1.86. The van der Waals surface area contributed by atoms with Crippen molar-refractivity contribution in [2.45, 2.75) is 37.5 Å². The summed E-state index contributed by atoms with van der Waals surface area (Å²) in [5.41, 5.74) is 4.71. The molecule has 2 aliphatic heterocycles. The molecule has 1 aliphatic carbocycles. The Bertz CT molecular complexity index is 546. The summed E-state index contributed by atoms with van der Waals surface area (Å²) in [4.78, 5) is 13.9. The summed E-state index contributed by atoms with van der Waals surface area (Å²) in [6.07, 6.45) is 5.03. The fourth-order valence-electron chi connectivity index (χ4n) is 3.63. The molecule has 3 heteroatoms. The second-order valence-corrected chi connectivity index (χ2v) is 5.87. The first-order valence-electron chi connectivity index (χ1n) is 6.85. The Morgan fingerprint density at radius 3 is 2.56 bits per heavy atom. The summed E-state index contributed by atoms with van der Waals surface area (Å²) in [5.74, 6) is -0.639. The first-order chi connectivity index (χ1) is 8.71. The number of hydrogen-bond acceptors (Lipinski definition) is 2. The van der Waals surface area contributed by atoms with E-state index in [0.29, 0.717) is 0 Å². The summed E-state index contributed by atoms with van der Waals surface area (Å²) in [6.45, 7) is 2.29. The number of rotatable bonds is 2. The van der Waals surface area contributed by atoms with Crippen LogP contribution in [0.4, 0.5) is 5.69 Å². The minimum Gasteiger partial charge on any atom is -0.481 e. The van der Waals surface area contributed by atoms with Crippen molar-refractivity contribution in [3.8, 4) is 0 Å². The van der Waals surface area contributed by atoms with E-state index >= 15 is 0 Å². The topological polar surface area (TPSA) is 40.5 Å². The maximum Gasteiger partial charge on any atom is 0.314 e. The maximum absolute atomic E-state index is 11.5. The molecule has 1 fully saturated rings. The van der Waals surface area contributed by atoms with Gasteiger partial charge in [-0.1, -0.05) is 12.1 Å². The van der Waals surface area contributed by atoms with E-state index in [2.05, 4.69) is 17.0 Å². The van der Waals surface area contributed by atoms with Crippen LogP contribution in [0.3, 0.4) is 0 Å². The Morgan fingerprint density at radius 1 is 1.17 bits per heavy atom. The molecule has 0 aromatic heterocycles. The first-order valence-corrected chi connectivity index (χ1v) is 6.85. The Labute approximate surface area is 106 Å². The van der Waals surface area contributed by atoms with Crippen LogP contribution in [-0.2, 0) is 23.1 Å². The average Bonchev–Trinajstić information content (AvgIpc) is 3.09. The van der Waals surface area contributed by atoms with Crippen molar-refractivity contribution in [2.75, 3.05) is 18.0 Å². The molecular weight excluding hydrogens is 226 g/mol. The third kappa shape index (κ3) is 1.22. The maximum atomic E-state index is 11.5. The van der Waals surface area contributed by atoms with Gasteiger partial charge in [-0.2, -0.15) is 0 Å². The fourth-order valence-corrected chi connectivity index (χ4v) is 3.63. The molecule has 4 rings (SSSR count). The highest BCUT2D eigenvalue weighted by atomic mass is 16.4. The van der Waals surface area contributed by atoms with E-state index in [1.54, 1.807) is 0 Å². The molecule has 1 aromatic carbocycles. The van der Waals surface area contributed by atoms with Crippen LogP contribution in [0.5, 0.6) is 0 Å². The van der Waals surface area contributed by atoms with Crippen LogP contribution < -0.4 is 4.90 Å². The van der Waals surface area contributed by atoms with Gasteiger partial charge in [0.2, 0.25) is 0 Å². The van der Waals surface area contributed by atoms with Gasteiger partial charge in [-0.25, -0.2) is 0 Å². The molecule has 0 saturated heterocycles. The molecule has 94 valence electrons. The van der Waals surface area contributed by atoms with Gasteiger partial charge < -0.3 is 10.0 Å². The van der Waals surface area contributed by atoms with Gasteiger partial charge in [0.05, 0.1) is 5.41 Å². The molecule has 0 amide bonds. The van der Waals surface area contributed by atoms with E-state index in [4.69, 9.17) is 0 Å². The van der Waals surface area contributed by atoms with Gasteiger partial charge in [0.25, 0.3) is 0 Å². The number of aryl methyl sites for hydroxylation is 1. The van der Waals surface area contributed by atoms with Crippen LogP contribution in [0.2, 0.25) is 0 Å². The summed E-state index contributed by atoms with van der Waals surface area (Å²) >= 11 is 0. The lowest BCUT2D eigenvalue weighted by Crippen LogP contribution is -2.27. The average molecular weight is 243 g/mol. The van der Waals surface area contributed by atoms with Gasteiger partial charge in [0.1, 0.15) is 0 Å². The predicted octanol–water partition coefficient (Wildman–Crippen LogP) is 2.11. The molecule has 0 unspecified atom stereocenters. The number of benzene rings is 1. The first kappa shape index (κ1) is 10.4.